The van der Waals surface area contributed by atoms with E-state index >= 15 is 0 Å². The molecule has 0 N–H and O–H groups in total. The Hall–Kier alpha value is -0.280. The topological polar surface area (TPSA) is 35.5 Å². The van der Waals surface area contributed by atoms with Crippen LogP contribution in [0.3, 0.4) is 0 Å². The monoisotopic (exact) mass is 293 g/mol. The Kier molecular flexibility index (Phi) is 3.92. The second-order valence-electron chi connectivity index (χ2n) is 4.13. The van der Waals surface area contributed by atoms with Crippen molar-refractivity contribution in [2.45, 2.75) is 45.7 Å². The summed E-state index contributed by atoms with van der Waals surface area (Å²) >= 11 is 0.828. The average Bonchev–Trinajstić information content (AvgIpc) is 2.41. The van der Waals surface area contributed by atoms with E-state index in [-0.39, 0.29) is 35.6 Å². The molecule has 1 rings (SSSR count). The van der Waals surface area contributed by atoms with E-state index in [1.54, 1.807) is 27.7 Å². The molecule has 0 saturated carbocycles. The fourth-order valence-electron chi connectivity index (χ4n) is 1.09. The smallest absolute Gasteiger partial charge is 0.298 e. The summed E-state index contributed by atoms with van der Waals surface area (Å²) in [6.07, 6.45) is -0.653. The van der Waals surface area contributed by atoms with E-state index in [9.17, 15) is 4.57 Å². The average molecular weight is 293 g/mol. The minimum absolute atomic E-state index is 0.0631. The van der Waals surface area contributed by atoms with Crippen LogP contribution >= 0.6 is 18.2 Å². The summed E-state index contributed by atoms with van der Waals surface area (Å²) in [6, 6.07) is -1.88. The summed E-state index contributed by atoms with van der Waals surface area (Å²) < 4.78 is 62.1. The molecular formula is C13H21O3PS. The van der Waals surface area contributed by atoms with Crippen LogP contribution in [-0.4, -0.2) is 12.2 Å². The van der Waals surface area contributed by atoms with Gasteiger partial charge in [-0.15, -0.1) is 0 Å². The summed E-state index contributed by atoms with van der Waals surface area (Å²) in [5.41, 5.74) is 0.0842. The lowest BCUT2D eigenvalue weighted by Gasteiger charge is -2.21. The van der Waals surface area contributed by atoms with Crippen LogP contribution in [0.4, 0.5) is 0 Å². The van der Waals surface area contributed by atoms with Crippen molar-refractivity contribution in [3.8, 4) is 0 Å². The predicted octanol–water partition coefficient (Wildman–Crippen LogP) is 4.88. The molecule has 0 amide bonds. The SMILES string of the molecule is [2H]c1c([2H])c([2H])c(CSP(=O)(OC(C)C)OC(C)C)c([2H])c1[2H]. The third kappa shape index (κ3) is 6.05. The van der Waals surface area contributed by atoms with Gasteiger partial charge in [-0.05, 0) is 44.6 Å². The van der Waals surface area contributed by atoms with Crippen LogP contribution in [0.15, 0.2) is 30.2 Å². The molecule has 0 saturated heterocycles. The van der Waals surface area contributed by atoms with Gasteiger partial charge in [-0.2, -0.15) is 0 Å². The van der Waals surface area contributed by atoms with Gasteiger partial charge < -0.3 is 0 Å². The zero-order valence-corrected chi connectivity index (χ0v) is 12.7. The van der Waals surface area contributed by atoms with Crippen LogP contribution < -0.4 is 0 Å². The maximum atomic E-state index is 12.7. The Balaban J connectivity index is 3.10. The van der Waals surface area contributed by atoms with E-state index in [0.717, 1.165) is 11.4 Å². The lowest BCUT2D eigenvalue weighted by molar-refractivity contribution is 0.156. The summed E-state index contributed by atoms with van der Waals surface area (Å²) in [6.45, 7) is 3.40. The van der Waals surface area contributed by atoms with Crippen molar-refractivity contribution in [2.75, 3.05) is 0 Å². The van der Waals surface area contributed by atoms with Crippen LogP contribution in [0.2, 0.25) is 0 Å². The van der Waals surface area contributed by atoms with Crippen molar-refractivity contribution in [3.63, 3.8) is 0 Å². The van der Waals surface area contributed by atoms with Crippen molar-refractivity contribution in [1.82, 2.24) is 0 Å². The molecule has 1 aromatic rings. The molecule has 18 heavy (non-hydrogen) atoms. The molecule has 102 valence electrons. The van der Waals surface area contributed by atoms with Crippen molar-refractivity contribution in [1.29, 1.82) is 0 Å². The van der Waals surface area contributed by atoms with Gasteiger partial charge >= 0.3 is 6.80 Å². The second-order valence-corrected chi connectivity index (χ2v) is 8.11. The van der Waals surface area contributed by atoms with E-state index in [0.29, 0.717) is 0 Å². The van der Waals surface area contributed by atoms with E-state index in [2.05, 4.69) is 0 Å². The molecule has 0 heterocycles. The lowest BCUT2D eigenvalue weighted by atomic mass is 10.2. The van der Waals surface area contributed by atoms with Crippen LogP contribution in [-0.2, 0) is 19.4 Å². The first-order valence-corrected chi connectivity index (χ1v) is 8.79. The summed E-state index contributed by atoms with van der Waals surface area (Å²) in [5.74, 6) is -0.0631. The molecule has 0 fully saturated rings. The Labute approximate surface area is 121 Å². The predicted molar refractivity (Wildman–Crippen MR) is 77.8 cm³/mol. The van der Waals surface area contributed by atoms with E-state index in [1.807, 2.05) is 0 Å². The zero-order valence-electron chi connectivity index (χ0n) is 15.9. The molecule has 0 radical (unpaired) electrons. The van der Waals surface area contributed by atoms with Crippen LogP contribution in [0.25, 0.3) is 0 Å². The molecule has 3 nitrogen and oxygen atoms in total. The Morgan fingerprint density at radius 3 is 2.11 bits per heavy atom. The molecular weight excluding hydrogens is 267 g/mol. The molecule has 0 aromatic heterocycles. The van der Waals surface area contributed by atoms with E-state index in [1.165, 1.54) is 0 Å². The lowest BCUT2D eigenvalue weighted by Crippen LogP contribution is -2.06. The van der Waals surface area contributed by atoms with Crippen molar-refractivity contribution in [2.24, 2.45) is 0 Å². The fourth-order valence-corrected chi connectivity index (χ4v) is 4.99. The largest absolute Gasteiger partial charge is 0.389 e. The van der Waals surface area contributed by atoms with E-state index in [4.69, 9.17) is 15.9 Å². The number of hydrogen-bond donors (Lipinski definition) is 0. The van der Waals surface area contributed by atoms with Gasteiger partial charge in [0, 0.05) is 5.75 Å². The molecule has 0 bridgehead atoms. The highest BCUT2D eigenvalue weighted by Gasteiger charge is 2.28. The molecule has 0 spiro atoms. The molecule has 0 atom stereocenters. The third-order valence-electron chi connectivity index (χ3n) is 1.60. The minimum atomic E-state index is -3.50. The molecule has 0 unspecified atom stereocenters. The van der Waals surface area contributed by atoms with Gasteiger partial charge in [0.15, 0.2) is 0 Å². The van der Waals surface area contributed by atoms with Gasteiger partial charge in [-0.1, -0.05) is 30.2 Å². The second kappa shape index (κ2) is 7.34. The molecule has 0 aliphatic carbocycles. The summed E-state index contributed by atoms with van der Waals surface area (Å²) in [5, 5.41) is 0. The molecule has 0 aliphatic rings. The number of benzene rings is 1. The highest BCUT2D eigenvalue weighted by molar-refractivity contribution is 8.54. The Morgan fingerprint density at radius 2 is 1.67 bits per heavy atom. The summed E-state index contributed by atoms with van der Waals surface area (Å²) in [4.78, 5) is 0. The van der Waals surface area contributed by atoms with Crippen LogP contribution in [0.1, 0.15) is 40.1 Å². The van der Waals surface area contributed by atoms with Gasteiger partial charge in [0.25, 0.3) is 0 Å². The highest BCUT2D eigenvalue weighted by atomic mass is 32.7. The summed E-state index contributed by atoms with van der Waals surface area (Å²) in [7, 11) is 0. The third-order valence-corrected chi connectivity index (χ3v) is 5.54. The van der Waals surface area contributed by atoms with E-state index < -0.39 is 24.9 Å². The molecule has 5 heteroatoms. The van der Waals surface area contributed by atoms with Gasteiger partial charge in [0.2, 0.25) is 0 Å². The van der Waals surface area contributed by atoms with Crippen molar-refractivity contribution >= 4 is 18.2 Å². The minimum Gasteiger partial charge on any atom is -0.298 e. The number of rotatable bonds is 7. The Bertz CT molecular complexity index is 581. The van der Waals surface area contributed by atoms with Crippen LogP contribution in [0.5, 0.6) is 0 Å². The highest BCUT2D eigenvalue weighted by Crippen LogP contribution is 2.63. The maximum Gasteiger partial charge on any atom is 0.389 e. The molecule has 1 aromatic carbocycles. The van der Waals surface area contributed by atoms with Gasteiger partial charge in [-0.3, -0.25) is 9.05 Å². The van der Waals surface area contributed by atoms with Crippen molar-refractivity contribution < 1.29 is 20.5 Å². The standard InChI is InChI=1S/C13H21O3PS/c1-11(2)15-17(14,16-12(3)4)18-10-13-8-6-5-7-9-13/h5-9,11-12H,10H2,1-4H3/i5D,6D,7D,8D,9D. The first kappa shape index (κ1) is 9.60. The first-order valence-electron chi connectivity index (χ1n) is 8.15. The first-order chi connectivity index (χ1) is 10.5. The normalized spacial score (nSPS) is 16.2. The maximum absolute atomic E-state index is 12.7. The van der Waals surface area contributed by atoms with Crippen molar-refractivity contribution in [3.05, 3.63) is 35.8 Å². The van der Waals surface area contributed by atoms with Crippen LogP contribution in [0, 0.1) is 0 Å². The van der Waals surface area contributed by atoms with Gasteiger partial charge in [0.05, 0.1) is 19.1 Å². The fraction of sp³-hybridized carbons (Fsp3) is 0.538. The zero-order chi connectivity index (χ0) is 17.9. The van der Waals surface area contributed by atoms with Gasteiger partial charge in [0.1, 0.15) is 0 Å². The quantitative estimate of drug-likeness (QED) is 0.671. The van der Waals surface area contributed by atoms with Gasteiger partial charge in [-0.25, -0.2) is 4.57 Å². The molecule has 0 aliphatic heterocycles. The Morgan fingerprint density at radius 1 is 1.17 bits per heavy atom. The number of hydrogen-bond acceptors (Lipinski definition) is 4.